The van der Waals surface area contributed by atoms with Crippen LogP contribution in [0.15, 0.2) is 60.7 Å². The number of carbonyl (C=O) groups is 2. The molecule has 1 atom stereocenters. The van der Waals surface area contributed by atoms with Gasteiger partial charge in [-0.2, -0.15) is 0 Å². The number of carbonyl (C=O) groups excluding carboxylic acids is 2. The highest BCUT2D eigenvalue weighted by molar-refractivity contribution is 7.19. The van der Waals surface area contributed by atoms with Crippen LogP contribution in [0.1, 0.15) is 27.7 Å². The normalized spacial score (nSPS) is 12.1. The predicted octanol–water partition coefficient (Wildman–Crippen LogP) is 5.58. The zero-order valence-electron chi connectivity index (χ0n) is 18.1. The summed E-state index contributed by atoms with van der Waals surface area (Å²) in [6.07, 6.45) is -0.542. The first-order chi connectivity index (χ1) is 14.7. The zero-order chi connectivity index (χ0) is 22.4. The van der Waals surface area contributed by atoms with Crippen LogP contribution in [0.4, 0.5) is 9.93 Å². The van der Waals surface area contributed by atoms with Gasteiger partial charge in [0.1, 0.15) is 5.60 Å². The molecule has 162 valence electrons. The molecule has 0 fully saturated rings. The van der Waals surface area contributed by atoms with E-state index in [1.165, 1.54) is 11.3 Å². The number of aromatic nitrogens is 1. The first kappa shape index (κ1) is 22.5. The summed E-state index contributed by atoms with van der Waals surface area (Å²) in [6.45, 7) is 7.29. The van der Waals surface area contributed by atoms with E-state index in [0.29, 0.717) is 5.13 Å². The number of alkyl carbamates (subject to hydrolysis) is 1. The molecular formula is C24H27N3O3S. The highest BCUT2D eigenvalue weighted by Gasteiger charge is 2.21. The molecule has 2 aromatic carbocycles. The fraction of sp³-hybridized carbons (Fsp3) is 0.292. The molecule has 1 aromatic heterocycles. The van der Waals surface area contributed by atoms with Crippen LogP contribution >= 0.6 is 11.3 Å². The average Bonchev–Trinajstić information content (AvgIpc) is 3.16. The average molecular weight is 438 g/mol. The molecule has 0 radical (unpaired) electrons. The molecule has 0 spiro atoms. The summed E-state index contributed by atoms with van der Waals surface area (Å²) in [7, 11) is 0. The summed E-state index contributed by atoms with van der Waals surface area (Å²) in [4.78, 5) is 30.2. The Morgan fingerprint density at radius 1 is 1.00 bits per heavy atom. The molecule has 0 saturated heterocycles. The molecule has 31 heavy (non-hydrogen) atoms. The molecule has 1 unspecified atom stereocenters. The summed E-state index contributed by atoms with van der Waals surface area (Å²) in [5.41, 5.74) is 2.27. The highest BCUT2D eigenvalue weighted by atomic mass is 32.1. The van der Waals surface area contributed by atoms with Crippen molar-refractivity contribution in [3.63, 3.8) is 0 Å². The number of nitrogens with zero attached hydrogens (tertiary/aromatic N) is 1. The highest BCUT2D eigenvalue weighted by Crippen LogP contribution is 2.38. The Kier molecular flexibility index (Phi) is 7.07. The van der Waals surface area contributed by atoms with E-state index in [0.717, 1.165) is 21.7 Å². The Bertz CT molecular complexity index is 970. The van der Waals surface area contributed by atoms with Gasteiger partial charge in [0, 0.05) is 12.1 Å². The van der Waals surface area contributed by atoms with E-state index >= 15 is 0 Å². The lowest BCUT2D eigenvalue weighted by molar-refractivity contribution is -0.119. The number of hydrogen-bond acceptors (Lipinski definition) is 5. The minimum atomic E-state index is -0.585. The fourth-order valence-electron chi connectivity index (χ4n) is 2.82. The summed E-state index contributed by atoms with van der Waals surface area (Å²) in [5.74, 6) is -0.666. The van der Waals surface area contributed by atoms with E-state index in [1.807, 2.05) is 60.7 Å². The molecule has 0 aliphatic rings. The van der Waals surface area contributed by atoms with Gasteiger partial charge in [0.15, 0.2) is 5.13 Å². The van der Waals surface area contributed by atoms with E-state index < -0.39 is 17.6 Å². The summed E-state index contributed by atoms with van der Waals surface area (Å²) in [6, 6.07) is 19.9. The molecule has 0 saturated carbocycles. The molecule has 2 N–H and O–H groups in total. The minimum absolute atomic E-state index is 0.170. The van der Waals surface area contributed by atoms with Crippen LogP contribution in [0.2, 0.25) is 0 Å². The Hall–Kier alpha value is -3.19. The van der Waals surface area contributed by atoms with Gasteiger partial charge in [-0.15, -0.1) is 0 Å². The summed E-state index contributed by atoms with van der Waals surface area (Å²) in [5, 5.41) is 6.05. The van der Waals surface area contributed by atoms with Crippen molar-refractivity contribution in [1.29, 1.82) is 0 Å². The van der Waals surface area contributed by atoms with Crippen LogP contribution in [0.5, 0.6) is 0 Å². The molecule has 3 aromatic rings. The lowest BCUT2D eigenvalue weighted by Gasteiger charge is -2.20. The smallest absolute Gasteiger partial charge is 0.407 e. The van der Waals surface area contributed by atoms with Gasteiger partial charge in [-0.25, -0.2) is 9.78 Å². The Balaban J connectivity index is 1.73. The standard InChI is InChI=1S/C24H27N3O3S/c1-16(15-25-23(29)30-24(2,3)4)21(28)27-22-26-19(17-11-7-5-8-12-17)20(31-22)18-13-9-6-10-14-18/h5-14,16H,15H2,1-4H3,(H,25,29)(H,26,27,28). The largest absolute Gasteiger partial charge is 0.444 e. The van der Waals surface area contributed by atoms with Crippen molar-refractivity contribution >= 4 is 28.5 Å². The fourth-order valence-corrected chi connectivity index (χ4v) is 3.82. The van der Waals surface area contributed by atoms with Crippen molar-refractivity contribution in [2.24, 2.45) is 5.92 Å². The van der Waals surface area contributed by atoms with Gasteiger partial charge in [-0.1, -0.05) is 78.9 Å². The van der Waals surface area contributed by atoms with E-state index in [4.69, 9.17) is 9.72 Å². The van der Waals surface area contributed by atoms with E-state index in [-0.39, 0.29) is 12.5 Å². The lowest BCUT2D eigenvalue weighted by atomic mass is 10.1. The van der Waals surface area contributed by atoms with Crippen molar-refractivity contribution in [2.45, 2.75) is 33.3 Å². The number of anilines is 1. The maximum atomic E-state index is 12.7. The quantitative estimate of drug-likeness (QED) is 0.528. The Morgan fingerprint density at radius 2 is 1.58 bits per heavy atom. The Labute approximate surface area is 186 Å². The third kappa shape index (κ3) is 6.39. The van der Waals surface area contributed by atoms with Crippen molar-refractivity contribution in [1.82, 2.24) is 10.3 Å². The molecule has 0 aliphatic carbocycles. The van der Waals surface area contributed by atoms with Gasteiger partial charge < -0.3 is 15.4 Å². The van der Waals surface area contributed by atoms with Crippen molar-refractivity contribution in [3.05, 3.63) is 60.7 Å². The summed E-state index contributed by atoms with van der Waals surface area (Å²) >= 11 is 1.43. The topological polar surface area (TPSA) is 80.3 Å². The van der Waals surface area contributed by atoms with Gasteiger partial charge in [0.2, 0.25) is 5.91 Å². The molecule has 2 amide bonds. The number of hydrogen-bond donors (Lipinski definition) is 2. The van der Waals surface area contributed by atoms with Crippen LogP contribution in [-0.4, -0.2) is 29.1 Å². The zero-order valence-corrected chi connectivity index (χ0v) is 19.0. The van der Waals surface area contributed by atoms with E-state index in [9.17, 15) is 9.59 Å². The number of thiazole rings is 1. The van der Waals surface area contributed by atoms with Gasteiger partial charge in [-0.05, 0) is 26.3 Å². The second kappa shape index (κ2) is 9.75. The van der Waals surface area contributed by atoms with Gasteiger partial charge in [0.25, 0.3) is 0 Å². The number of amides is 2. The first-order valence-corrected chi connectivity index (χ1v) is 10.9. The molecule has 0 aliphatic heterocycles. The van der Waals surface area contributed by atoms with Crippen molar-refractivity contribution < 1.29 is 14.3 Å². The second-order valence-electron chi connectivity index (χ2n) is 8.20. The molecule has 0 bridgehead atoms. The molecule has 7 heteroatoms. The number of benzene rings is 2. The first-order valence-electron chi connectivity index (χ1n) is 10.1. The van der Waals surface area contributed by atoms with Crippen LogP contribution in [0, 0.1) is 5.92 Å². The Morgan fingerprint density at radius 3 is 2.16 bits per heavy atom. The van der Waals surface area contributed by atoms with Crippen molar-refractivity contribution in [2.75, 3.05) is 11.9 Å². The van der Waals surface area contributed by atoms with Gasteiger partial charge >= 0.3 is 6.09 Å². The number of nitrogens with one attached hydrogen (secondary N) is 2. The maximum absolute atomic E-state index is 12.7. The molecule has 6 nitrogen and oxygen atoms in total. The van der Waals surface area contributed by atoms with E-state index in [2.05, 4.69) is 10.6 Å². The van der Waals surface area contributed by atoms with Crippen LogP contribution in [0.3, 0.4) is 0 Å². The van der Waals surface area contributed by atoms with E-state index in [1.54, 1.807) is 27.7 Å². The van der Waals surface area contributed by atoms with Crippen molar-refractivity contribution in [3.8, 4) is 21.7 Å². The maximum Gasteiger partial charge on any atom is 0.407 e. The number of rotatable bonds is 6. The monoisotopic (exact) mass is 437 g/mol. The van der Waals surface area contributed by atoms with Crippen LogP contribution in [-0.2, 0) is 9.53 Å². The third-order valence-corrected chi connectivity index (χ3v) is 5.36. The van der Waals surface area contributed by atoms with Gasteiger partial charge in [0.05, 0.1) is 16.5 Å². The van der Waals surface area contributed by atoms with Gasteiger partial charge in [-0.3, -0.25) is 4.79 Å². The molecule has 3 rings (SSSR count). The SMILES string of the molecule is CC(CNC(=O)OC(C)(C)C)C(=O)Nc1nc(-c2ccccc2)c(-c2ccccc2)s1. The summed E-state index contributed by atoms with van der Waals surface area (Å²) < 4.78 is 5.21. The third-order valence-electron chi connectivity index (χ3n) is 4.34. The predicted molar refractivity (Wildman–Crippen MR) is 125 cm³/mol. The molecule has 1 heterocycles. The van der Waals surface area contributed by atoms with Crippen LogP contribution < -0.4 is 10.6 Å². The molecular weight excluding hydrogens is 410 g/mol. The lowest BCUT2D eigenvalue weighted by Crippen LogP contribution is -2.37. The number of ether oxygens (including phenoxy) is 1. The minimum Gasteiger partial charge on any atom is -0.444 e. The second-order valence-corrected chi connectivity index (χ2v) is 9.20. The van der Waals surface area contributed by atoms with Crippen LogP contribution in [0.25, 0.3) is 21.7 Å².